The molecule has 3 nitrogen and oxygen atoms in total. The van der Waals surface area contributed by atoms with Crippen molar-refractivity contribution in [3.8, 4) is 0 Å². The van der Waals surface area contributed by atoms with Gasteiger partial charge in [-0.05, 0) is 44.5 Å². The van der Waals surface area contributed by atoms with Gasteiger partial charge < -0.3 is 15.6 Å². The summed E-state index contributed by atoms with van der Waals surface area (Å²) in [5, 5.41) is 6.90. The lowest BCUT2D eigenvalue weighted by atomic mass is 10.0. The third kappa shape index (κ3) is 2.16. The Morgan fingerprint density at radius 3 is 3.14 bits per heavy atom. The van der Waals surface area contributed by atoms with E-state index in [1.54, 1.807) is 0 Å². The van der Waals surface area contributed by atoms with Gasteiger partial charge in [0.2, 0.25) is 0 Å². The fourth-order valence-electron chi connectivity index (χ4n) is 2.22. The van der Waals surface area contributed by atoms with Crippen LogP contribution < -0.4 is 10.6 Å². The standard InChI is InChI=1S/C11H19N3/c1-12-11(9-4-6-13-8-9)7-10-3-2-5-14-10/h4,6,8,10-14H,2-3,5,7H2,1H3. The van der Waals surface area contributed by atoms with E-state index in [-0.39, 0.29) is 0 Å². The van der Waals surface area contributed by atoms with Gasteiger partial charge >= 0.3 is 0 Å². The van der Waals surface area contributed by atoms with E-state index in [1.165, 1.54) is 31.4 Å². The normalized spacial score (nSPS) is 23.9. The number of rotatable bonds is 4. The summed E-state index contributed by atoms with van der Waals surface area (Å²) >= 11 is 0. The van der Waals surface area contributed by atoms with Crippen molar-refractivity contribution < 1.29 is 0 Å². The summed E-state index contributed by atoms with van der Waals surface area (Å²) in [5.74, 6) is 0. The summed E-state index contributed by atoms with van der Waals surface area (Å²) in [6, 6.07) is 3.33. The van der Waals surface area contributed by atoms with Crippen LogP contribution >= 0.6 is 0 Å². The highest BCUT2D eigenvalue weighted by Crippen LogP contribution is 2.21. The lowest BCUT2D eigenvalue weighted by Gasteiger charge is -2.19. The summed E-state index contributed by atoms with van der Waals surface area (Å²) in [4.78, 5) is 3.11. The molecular formula is C11H19N3. The van der Waals surface area contributed by atoms with E-state index in [0.717, 1.165) is 0 Å². The molecule has 1 fully saturated rings. The van der Waals surface area contributed by atoms with Gasteiger partial charge in [-0.1, -0.05) is 0 Å². The first-order valence-corrected chi connectivity index (χ1v) is 5.43. The van der Waals surface area contributed by atoms with Crippen molar-refractivity contribution in [2.75, 3.05) is 13.6 Å². The largest absolute Gasteiger partial charge is 0.367 e. The van der Waals surface area contributed by atoms with Gasteiger partial charge in [0.05, 0.1) is 0 Å². The van der Waals surface area contributed by atoms with Crippen molar-refractivity contribution in [3.63, 3.8) is 0 Å². The van der Waals surface area contributed by atoms with E-state index in [2.05, 4.69) is 27.9 Å². The van der Waals surface area contributed by atoms with E-state index in [0.29, 0.717) is 12.1 Å². The molecule has 0 spiro atoms. The van der Waals surface area contributed by atoms with Crippen LogP contribution in [0, 0.1) is 0 Å². The molecule has 2 rings (SSSR count). The van der Waals surface area contributed by atoms with Gasteiger partial charge in [0.15, 0.2) is 0 Å². The zero-order valence-electron chi connectivity index (χ0n) is 8.72. The Morgan fingerprint density at radius 1 is 1.64 bits per heavy atom. The van der Waals surface area contributed by atoms with Gasteiger partial charge in [0, 0.05) is 24.5 Å². The van der Waals surface area contributed by atoms with E-state index >= 15 is 0 Å². The van der Waals surface area contributed by atoms with Gasteiger partial charge in [-0.15, -0.1) is 0 Å². The Balaban J connectivity index is 1.93. The predicted molar refractivity (Wildman–Crippen MR) is 58.2 cm³/mol. The SMILES string of the molecule is CNC(CC1CCCN1)c1cc[nH]c1. The minimum Gasteiger partial charge on any atom is -0.367 e. The topological polar surface area (TPSA) is 39.8 Å². The quantitative estimate of drug-likeness (QED) is 0.676. The van der Waals surface area contributed by atoms with Crippen LogP contribution in [0.3, 0.4) is 0 Å². The molecule has 3 N–H and O–H groups in total. The van der Waals surface area contributed by atoms with Crippen molar-refractivity contribution in [2.24, 2.45) is 0 Å². The molecule has 0 amide bonds. The molecule has 2 atom stereocenters. The molecular weight excluding hydrogens is 174 g/mol. The van der Waals surface area contributed by atoms with Crippen LogP contribution in [-0.2, 0) is 0 Å². The Morgan fingerprint density at radius 2 is 2.57 bits per heavy atom. The zero-order valence-corrected chi connectivity index (χ0v) is 8.72. The molecule has 0 aromatic carbocycles. The number of hydrogen-bond donors (Lipinski definition) is 3. The minimum atomic E-state index is 0.483. The minimum absolute atomic E-state index is 0.483. The lowest BCUT2D eigenvalue weighted by molar-refractivity contribution is 0.454. The maximum Gasteiger partial charge on any atom is 0.0347 e. The van der Waals surface area contributed by atoms with E-state index in [4.69, 9.17) is 0 Å². The van der Waals surface area contributed by atoms with Crippen LogP contribution in [-0.4, -0.2) is 24.6 Å². The second kappa shape index (κ2) is 4.62. The molecule has 2 unspecified atom stereocenters. The monoisotopic (exact) mass is 193 g/mol. The van der Waals surface area contributed by atoms with Crippen molar-refractivity contribution in [3.05, 3.63) is 24.0 Å². The highest BCUT2D eigenvalue weighted by Gasteiger charge is 2.19. The summed E-state index contributed by atoms with van der Waals surface area (Å²) in [5.41, 5.74) is 1.36. The summed E-state index contributed by atoms with van der Waals surface area (Å²) in [7, 11) is 2.03. The summed E-state index contributed by atoms with van der Waals surface area (Å²) in [6.07, 6.45) is 7.91. The van der Waals surface area contributed by atoms with Crippen LogP contribution in [0.25, 0.3) is 0 Å². The van der Waals surface area contributed by atoms with Crippen LogP contribution in [0.2, 0.25) is 0 Å². The van der Waals surface area contributed by atoms with Gasteiger partial charge in [-0.3, -0.25) is 0 Å². The van der Waals surface area contributed by atoms with E-state index in [9.17, 15) is 0 Å². The first kappa shape index (κ1) is 9.74. The molecule has 0 radical (unpaired) electrons. The van der Waals surface area contributed by atoms with Gasteiger partial charge in [-0.2, -0.15) is 0 Å². The average molecular weight is 193 g/mol. The van der Waals surface area contributed by atoms with Crippen LogP contribution in [0.1, 0.15) is 30.9 Å². The molecule has 0 aliphatic carbocycles. The van der Waals surface area contributed by atoms with Gasteiger partial charge in [0.1, 0.15) is 0 Å². The van der Waals surface area contributed by atoms with Crippen LogP contribution in [0.15, 0.2) is 18.5 Å². The number of aromatic nitrogens is 1. The molecule has 3 heteroatoms. The fourth-order valence-corrected chi connectivity index (χ4v) is 2.22. The van der Waals surface area contributed by atoms with E-state index in [1.807, 2.05) is 13.2 Å². The predicted octanol–water partition coefficient (Wildman–Crippen LogP) is 1.42. The third-order valence-corrected chi connectivity index (χ3v) is 3.06. The first-order chi connectivity index (χ1) is 6.90. The lowest BCUT2D eigenvalue weighted by Crippen LogP contribution is -2.28. The zero-order chi connectivity index (χ0) is 9.80. The van der Waals surface area contributed by atoms with Crippen molar-refractivity contribution in [1.82, 2.24) is 15.6 Å². The number of nitrogens with one attached hydrogen (secondary N) is 3. The third-order valence-electron chi connectivity index (χ3n) is 3.06. The second-order valence-corrected chi connectivity index (χ2v) is 4.01. The smallest absolute Gasteiger partial charge is 0.0347 e. The Kier molecular flexibility index (Phi) is 3.22. The molecule has 14 heavy (non-hydrogen) atoms. The highest BCUT2D eigenvalue weighted by atomic mass is 15.0. The molecule has 1 aromatic heterocycles. The Labute approximate surface area is 85.3 Å². The maximum atomic E-state index is 3.53. The van der Waals surface area contributed by atoms with Gasteiger partial charge in [0.25, 0.3) is 0 Å². The molecule has 1 saturated heterocycles. The molecule has 1 aliphatic heterocycles. The second-order valence-electron chi connectivity index (χ2n) is 4.01. The van der Waals surface area contributed by atoms with Gasteiger partial charge in [-0.25, -0.2) is 0 Å². The summed E-state index contributed by atoms with van der Waals surface area (Å²) < 4.78 is 0. The average Bonchev–Trinajstić information content (AvgIpc) is 2.86. The fraction of sp³-hybridized carbons (Fsp3) is 0.636. The molecule has 2 heterocycles. The van der Waals surface area contributed by atoms with Crippen molar-refractivity contribution >= 4 is 0 Å². The molecule has 1 aliphatic rings. The maximum absolute atomic E-state index is 3.53. The molecule has 78 valence electrons. The van der Waals surface area contributed by atoms with E-state index < -0.39 is 0 Å². The van der Waals surface area contributed by atoms with Crippen molar-refractivity contribution in [2.45, 2.75) is 31.3 Å². The number of H-pyrrole nitrogens is 1. The van der Waals surface area contributed by atoms with Crippen LogP contribution in [0.4, 0.5) is 0 Å². The van der Waals surface area contributed by atoms with Crippen molar-refractivity contribution in [1.29, 1.82) is 0 Å². The molecule has 0 bridgehead atoms. The highest BCUT2D eigenvalue weighted by molar-refractivity contribution is 5.14. The first-order valence-electron chi connectivity index (χ1n) is 5.43. The number of aromatic amines is 1. The molecule has 1 aromatic rings. The van der Waals surface area contributed by atoms with Crippen LogP contribution in [0.5, 0.6) is 0 Å². The Hall–Kier alpha value is -0.800. The summed E-state index contributed by atoms with van der Waals surface area (Å²) in [6.45, 7) is 1.19. The Bertz CT molecular complexity index is 250. The number of hydrogen-bond acceptors (Lipinski definition) is 2. The molecule has 0 saturated carbocycles.